The Kier molecular flexibility index (Phi) is 9.06. The lowest BCUT2D eigenvalue weighted by Gasteiger charge is -2.05. The Morgan fingerprint density at radius 2 is 1.89 bits per heavy atom. The van der Waals surface area contributed by atoms with E-state index in [-0.39, 0.29) is 31.8 Å². The molecule has 152 valence electrons. The average molecular weight is 438 g/mol. The third-order valence-corrected chi connectivity index (χ3v) is 4.39. The number of hydrogen-bond donors (Lipinski definition) is 1. The Bertz CT molecular complexity index is 922. The molecule has 0 aliphatic heterocycles. The molecule has 0 aromatic carbocycles. The summed E-state index contributed by atoms with van der Waals surface area (Å²) in [7, 11) is 1.22. The molecule has 0 saturated heterocycles. The zero-order chi connectivity index (χ0) is 21.4. The van der Waals surface area contributed by atoms with Gasteiger partial charge >= 0.3 is 11.9 Å². The Morgan fingerprint density at radius 3 is 2.43 bits per heavy atom. The summed E-state index contributed by atoms with van der Waals surface area (Å²) in [4.78, 5) is 31.1. The number of rotatable bonds is 4. The van der Waals surface area contributed by atoms with E-state index in [2.05, 4.69) is 19.6 Å². The van der Waals surface area contributed by atoms with Crippen LogP contribution in [0.15, 0.2) is 23.4 Å². The largest absolute Gasteiger partial charge is 0.465 e. The fraction of sp³-hybridized carbons (Fsp3) is 0.250. The lowest BCUT2D eigenvalue weighted by atomic mass is 10.1. The number of aromatic nitrogens is 2. The van der Waals surface area contributed by atoms with E-state index in [0.717, 1.165) is 0 Å². The number of pyridine rings is 2. The van der Waals surface area contributed by atoms with Crippen LogP contribution in [0.25, 0.3) is 0 Å². The monoisotopic (exact) mass is 438 g/mol. The summed E-state index contributed by atoms with van der Waals surface area (Å²) in [5, 5.41) is 0. The van der Waals surface area contributed by atoms with Crippen LogP contribution < -0.4 is 0 Å². The number of alkyl halides is 2. The van der Waals surface area contributed by atoms with Gasteiger partial charge in [0, 0.05) is 33.1 Å². The van der Waals surface area contributed by atoms with Gasteiger partial charge in [-0.05, 0) is 19.9 Å². The van der Waals surface area contributed by atoms with Crippen LogP contribution >= 0.6 is 24.0 Å². The number of carbonyl (C=O) groups excluding carboxylic acids is 2. The lowest BCUT2D eigenvalue weighted by Crippen LogP contribution is -2.07. The van der Waals surface area contributed by atoms with E-state index in [0.29, 0.717) is 11.8 Å². The van der Waals surface area contributed by atoms with Gasteiger partial charge in [0.25, 0.3) is 5.76 Å². The van der Waals surface area contributed by atoms with Crippen molar-refractivity contribution in [3.8, 4) is 0 Å². The van der Waals surface area contributed by atoms with Gasteiger partial charge in [-0.15, -0.1) is 0 Å². The highest BCUT2D eigenvalue weighted by molar-refractivity contribution is 7.99. The van der Waals surface area contributed by atoms with Crippen LogP contribution in [0.4, 0.5) is 17.7 Å². The predicted octanol–water partition coefficient (Wildman–Crippen LogP) is 4.72. The fourth-order valence-electron chi connectivity index (χ4n) is 1.88. The fourth-order valence-corrected chi connectivity index (χ4v) is 2.73. The molecule has 0 atom stereocenters. The van der Waals surface area contributed by atoms with Crippen LogP contribution in [-0.4, -0.2) is 34.8 Å². The number of nitrogens with one attached hydrogen (secondary N) is 1. The molecule has 6 nitrogen and oxygen atoms in total. The number of nitrogens with zero attached hydrogens (tertiary/aromatic N) is 1. The zero-order valence-electron chi connectivity index (χ0n) is 14.7. The summed E-state index contributed by atoms with van der Waals surface area (Å²) in [5.41, 5.74) is 0.242. The smallest absolute Gasteiger partial charge is 0.382 e. The number of ether oxygens (including phenoxy) is 1. The summed E-state index contributed by atoms with van der Waals surface area (Å²) >= 11 is 5.12. The van der Waals surface area contributed by atoms with Gasteiger partial charge in [0.15, 0.2) is 5.95 Å². The third kappa shape index (κ3) is 6.30. The van der Waals surface area contributed by atoms with Crippen molar-refractivity contribution in [2.45, 2.75) is 24.5 Å². The van der Waals surface area contributed by atoms with Crippen LogP contribution in [0.2, 0.25) is 0 Å². The molecule has 0 saturated carbocycles. The van der Waals surface area contributed by atoms with E-state index in [9.17, 15) is 27.3 Å². The standard InChI is InChI=1S/2C8H7F2NO2S/c1-13-7(12)5-2-6(4-11-3-5)14-8(9)10;1-3-6(14)5(8(12)13-10)4(2)11-7(3)9/h2-4,8H,1H3;1-2H3,(H,11,14). The van der Waals surface area contributed by atoms with Gasteiger partial charge < -0.3 is 9.72 Å². The average Bonchev–Trinajstić information content (AvgIpc) is 2.65. The number of esters is 1. The molecule has 0 aliphatic rings. The van der Waals surface area contributed by atoms with Gasteiger partial charge in [0.05, 0.1) is 17.2 Å². The number of aromatic amines is 1. The van der Waals surface area contributed by atoms with Crippen molar-refractivity contribution >= 4 is 35.9 Å². The van der Waals surface area contributed by atoms with Crippen molar-refractivity contribution in [1.82, 2.24) is 9.97 Å². The zero-order valence-corrected chi connectivity index (χ0v) is 16.4. The van der Waals surface area contributed by atoms with Crippen LogP contribution in [0.5, 0.6) is 0 Å². The number of methoxy groups -OCH3 is 1. The first-order chi connectivity index (χ1) is 13.1. The minimum absolute atomic E-state index is 0.0404. The molecule has 0 bridgehead atoms. The van der Waals surface area contributed by atoms with E-state index in [4.69, 9.17) is 12.2 Å². The molecule has 1 N–H and O–H groups in total. The first-order valence-electron chi connectivity index (χ1n) is 7.32. The molecule has 2 aromatic rings. The number of carbonyl (C=O) groups is 2. The Labute approximate surface area is 166 Å². The minimum Gasteiger partial charge on any atom is -0.465 e. The summed E-state index contributed by atoms with van der Waals surface area (Å²) in [6.07, 6.45) is 2.53. The Morgan fingerprint density at radius 1 is 1.25 bits per heavy atom. The number of hydrogen-bond acceptors (Lipinski definition) is 7. The highest BCUT2D eigenvalue weighted by Crippen LogP contribution is 2.24. The van der Waals surface area contributed by atoms with Crippen LogP contribution in [0.1, 0.15) is 32.0 Å². The van der Waals surface area contributed by atoms with E-state index < -0.39 is 23.6 Å². The third-order valence-electron chi connectivity index (χ3n) is 3.20. The molecule has 0 amide bonds. The number of halogens is 4. The quantitative estimate of drug-likeness (QED) is 0.243. The first-order valence-corrected chi connectivity index (χ1v) is 8.61. The van der Waals surface area contributed by atoms with Crippen LogP contribution in [0.3, 0.4) is 0 Å². The Hall–Kier alpha value is -2.47. The second-order valence-corrected chi connectivity index (χ2v) is 6.51. The number of aryl methyl sites for hydroxylation is 1. The highest BCUT2D eigenvalue weighted by Gasteiger charge is 2.17. The van der Waals surface area contributed by atoms with Crippen molar-refractivity contribution in [3.63, 3.8) is 0 Å². The Balaban J connectivity index is 0.000000280. The topological polar surface area (TPSA) is 81.3 Å². The van der Waals surface area contributed by atoms with Gasteiger partial charge in [-0.2, -0.15) is 13.2 Å². The van der Waals surface area contributed by atoms with Crippen LogP contribution in [0, 0.1) is 24.3 Å². The normalized spacial score (nSPS) is 10.1. The molecule has 12 heteroatoms. The molecule has 28 heavy (non-hydrogen) atoms. The molecule has 0 spiro atoms. The first kappa shape index (κ1) is 23.6. The van der Waals surface area contributed by atoms with E-state index in [1.165, 1.54) is 39.4 Å². The number of thioether (sulfide) groups is 1. The predicted molar refractivity (Wildman–Crippen MR) is 95.0 cm³/mol. The van der Waals surface area contributed by atoms with Gasteiger partial charge in [-0.1, -0.05) is 24.0 Å². The van der Waals surface area contributed by atoms with Crippen molar-refractivity contribution in [2.75, 3.05) is 7.11 Å². The van der Waals surface area contributed by atoms with Crippen molar-refractivity contribution in [2.24, 2.45) is 0 Å². The van der Waals surface area contributed by atoms with Gasteiger partial charge in [-0.25, -0.2) is 14.5 Å². The molecule has 0 unspecified atom stereocenters. The van der Waals surface area contributed by atoms with Crippen molar-refractivity contribution in [1.29, 1.82) is 0 Å². The van der Waals surface area contributed by atoms with Gasteiger partial charge in [0.1, 0.15) is 5.56 Å². The molecule has 0 radical (unpaired) electrons. The summed E-state index contributed by atoms with van der Waals surface area (Å²) in [6, 6.07) is 1.32. The molecule has 2 aromatic heterocycles. The summed E-state index contributed by atoms with van der Waals surface area (Å²) in [6.45, 7) is 2.80. The molecule has 0 aliphatic carbocycles. The maximum absolute atomic E-state index is 13.0. The van der Waals surface area contributed by atoms with Crippen LogP contribution in [-0.2, 0) is 9.68 Å². The van der Waals surface area contributed by atoms with Crippen molar-refractivity contribution < 1.29 is 37.0 Å². The minimum atomic E-state index is -2.52. The SMILES string of the molecule is COC(=O)c1cncc(SC(F)F)c1.Cc1[nH]c(F)c(C)c(=S)c1C(=O)OF. The van der Waals surface area contributed by atoms with E-state index >= 15 is 0 Å². The number of H-pyrrole nitrogens is 1. The summed E-state index contributed by atoms with van der Waals surface area (Å²) < 4.78 is 53.0. The summed E-state index contributed by atoms with van der Waals surface area (Å²) in [5.74, 6) is -4.96. The molecule has 2 rings (SSSR count). The molecular weight excluding hydrogens is 424 g/mol. The highest BCUT2D eigenvalue weighted by atomic mass is 32.2. The van der Waals surface area contributed by atoms with Gasteiger partial charge in [0.2, 0.25) is 0 Å². The maximum atomic E-state index is 13.0. The maximum Gasteiger partial charge on any atom is 0.382 e. The second kappa shape index (κ2) is 10.8. The van der Waals surface area contributed by atoms with Crippen molar-refractivity contribution in [3.05, 3.63) is 51.3 Å². The lowest BCUT2D eigenvalue weighted by molar-refractivity contribution is -0.0789. The molecular formula is C16H14F4N2O4S2. The van der Waals surface area contributed by atoms with E-state index in [1.807, 2.05) is 0 Å². The van der Waals surface area contributed by atoms with Gasteiger partial charge in [-0.3, -0.25) is 4.98 Å². The van der Waals surface area contributed by atoms with E-state index in [1.54, 1.807) is 0 Å². The molecule has 0 fully saturated rings. The second-order valence-electron chi connectivity index (χ2n) is 5.04. The molecule has 2 heterocycles.